The van der Waals surface area contributed by atoms with E-state index in [4.69, 9.17) is 4.74 Å². The first-order valence-corrected chi connectivity index (χ1v) is 9.20. The summed E-state index contributed by atoms with van der Waals surface area (Å²) in [6.07, 6.45) is 3.27. The summed E-state index contributed by atoms with van der Waals surface area (Å²) in [7, 11) is 0. The molecular weight excluding hydrogens is 334 g/mol. The van der Waals surface area contributed by atoms with Crippen LogP contribution >= 0.6 is 0 Å². The third-order valence-electron chi connectivity index (χ3n) is 4.85. The molecule has 26 heavy (non-hydrogen) atoms. The summed E-state index contributed by atoms with van der Waals surface area (Å²) in [5.41, 5.74) is 0.899. The van der Waals surface area contributed by atoms with Gasteiger partial charge >= 0.3 is 6.09 Å². The van der Waals surface area contributed by atoms with Crippen LogP contribution in [0.4, 0.5) is 4.79 Å². The number of benzene rings is 1. The third kappa shape index (κ3) is 4.53. The maximum absolute atomic E-state index is 12.6. The van der Waals surface area contributed by atoms with Gasteiger partial charge in [-0.2, -0.15) is 0 Å². The van der Waals surface area contributed by atoms with Crippen LogP contribution in [0.1, 0.15) is 37.7 Å². The Bertz CT molecular complexity index is 649. The predicted molar refractivity (Wildman–Crippen MR) is 95.1 cm³/mol. The van der Waals surface area contributed by atoms with Gasteiger partial charge in [-0.05, 0) is 37.7 Å². The van der Waals surface area contributed by atoms with E-state index in [0.29, 0.717) is 25.9 Å². The molecule has 1 aromatic carbocycles. The lowest BCUT2D eigenvalue weighted by Gasteiger charge is -2.25. The molecule has 2 aliphatic heterocycles. The minimum atomic E-state index is -0.575. The molecule has 0 spiro atoms. The summed E-state index contributed by atoms with van der Waals surface area (Å²) in [5, 5.41) is 5.61. The number of ether oxygens (including phenoxy) is 1. The van der Waals surface area contributed by atoms with Crippen molar-refractivity contribution in [1.29, 1.82) is 0 Å². The lowest BCUT2D eigenvalue weighted by Crippen LogP contribution is -2.52. The van der Waals surface area contributed by atoms with Crippen LogP contribution in [-0.4, -0.2) is 48.0 Å². The van der Waals surface area contributed by atoms with Crippen LogP contribution in [-0.2, 0) is 20.9 Å². The Morgan fingerprint density at radius 1 is 1.15 bits per heavy atom. The Kier molecular flexibility index (Phi) is 6.09. The molecule has 2 atom stereocenters. The molecule has 7 nitrogen and oxygen atoms in total. The van der Waals surface area contributed by atoms with E-state index in [1.165, 1.54) is 4.90 Å². The van der Waals surface area contributed by atoms with Crippen molar-refractivity contribution in [3.63, 3.8) is 0 Å². The van der Waals surface area contributed by atoms with Gasteiger partial charge in [0.25, 0.3) is 0 Å². The van der Waals surface area contributed by atoms with Gasteiger partial charge in [-0.15, -0.1) is 0 Å². The minimum absolute atomic E-state index is 0.146. The molecule has 140 valence electrons. The molecule has 0 aromatic heterocycles. The van der Waals surface area contributed by atoms with Gasteiger partial charge in [0.1, 0.15) is 18.7 Å². The zero-order chi connectivity index (χ0) is 18.4. The van der Waals surface area contributed by atoms with Crippen molar-refractivity contribution in [3.8, 4) is 0 Å². The van der Waals surface area contributed by atoms with Gasteiger partial charge in [-0.3, -0.25) is 14.5 Å². The molecular formula is C19H25N3O4. The lowest BCUT2D eigenvalue weighted by atomic mass is 10.1. The number of hydrogen-bond donors (Lipinski definition) is 2. The van der Waals surface area contributed by atoms with Crippen LogP contribution in [0.2, 0.25) is 0 Å². The number of likely N-dealkylation sites (tertiary alicyclic amines) is 1. The molecule has 2 heterocycles. The second-order valence-electron chi connectivity index (χ2n) is 6.74. The molecule has 2 aliphatic rings. The molecule has 1 unspecified atom stereocenters. The molecule has 7 heteroatoms. The normalized spacial score (nSPS) is 23.1. The van der Waals surface area contributed by atoms with Crippen LogP contribution in [0.3, 0.4) is 0 Å². The molecule has 0 aliphatic carbocycles. The Labute approximate surface area is 153 Å². The van der Waals surface area contributed by atoms with Crippen molar-refractivity contribution in [2.75, 3.05) is 13.1 Å². The molecule has 3 rings (SSSR count). The Balaban J connectivity index is 1.55. The predicted octanol–water partition coefficient (Wildman–Crippen LogP) is 1.57. The van der Waals surface area contributed by atoms with Crippen molar-refractivity contribution < 1.29 is 19.1 Å². The van der Waals surface area contributed by atoms with Gasteiger partial charge in [0.15, 0.2) is 0 Å². The zero-order valence-corrected chi connectivity index (χ0v) is 14.8. The molecule has 2 fully saturated rings. The summed E-state index contributed by atoms with van der Waals surface area (Å²) < 4.78 is 5.35. The smallest absolute Gasteiger partial charge is 0.410 e. The van der Waals surface area contributed by atoms with Gasteiger partial charge in [0.2, 0.25) is 11.8 Å². The van der Waals surface area contributed by atoms with E-state index < -0.39 is 18.2 Å². The molecule has 2 saturated heterocycles. The first-order chi connectivity index (χ1) is 12.6. The van der Waals surface area contributed by atoms with Gasteiger partial charge in [-0.1, -0.05) is 30.3 Å². The largest absolute Gasteiger partial charge is 0.445 e. The first-order valence-electron chi connectivity index (χ1n) is 9.20. The molecule has 3 amide bonds. The number of rotatable bonds is 4. The van der Waals surface area contributed by atoms with E-state index in [1.54, 1.807) is 0 Å². The number of nitrogens with zero attached hydrogens (tertiary/aromatic N) is 1. The summed E-state index contributed by atoms with van der Waals surface area (Å²) in [6.45, 7) is 1.31. The summed E-state index contributed by atoms with van der Waals surface area (Å²) in [4.78, 5) is 38.5. The average Bonchev–Trinajstić information content (AvgIpc) is 3.07. The molecule has 1 aromatic rings. The number of nitrogens with one attached hydrogen (secondary N) is 2. The fraction of sp³-hybridized carbons (Fsp3) is 0.526. The quantitative estimate of drug-likeness (QED) is 0.854. The van der Waals surface area contributed by atoms with E-state index in [2.05, 4.69) is 10.6 Å². The fourth-order valence-corrected chi connectivity index (χ4v) is 3.41. The van der Waals surface area contributed by atoms with Crippen LogP contribution in [0, 0.1) is 0 Å². The third-order valence-corrected chi connectivity index (χ3v) is 4.85. The van der Waals surface area contributed by atoms with Crippen molar-refractivity contribution in [1.82, 2.24) is 15.5 Å². The molecule has 0 bridgehead atoms. The van der Waals surface area contributed by atoms with Crippen molar-refractivity contribution in [2.24, 2.45) is 0 Å². The Hall–Kier alpha value is -2.57. The Morgan fingerprint density at radius 2 is 1.96 bits per heavy atom. The molecule has 0 radical (unpaired) electrons. The van der Waals surface area contributed by atoms with E-state index in [-0.39, 0.29) is 18.4 Å². The minimum Gasteiger partial charge on any atom is -0.445 e. The highest BCUT2D eigenvalue weighted by atomic mass is 16.6. The van der Waals surface area contributed by atoms with E-state index in [0.717, 1.165) is 24.8 Å². The number of amides is 3. The SMILES string of the molecule is O=C1NCCCCC1NC(=O)[C@@H]1CCCN1C(=O)OCc1ccccc1. The van der Waals surface area contributed by atoms with Gasteiger partial charge in [-0.25, -0.2) is 4.79 Å². The van der Waals surface area contributed by atoms with E-state index >= 15 is 0 Å². The van der Waals surface area contributed by atoms with Crippen LogP contribution in [0.25, 0.3) is 0 Å². The van der Waals surface area contributed by atoms with E-state index in [1.807, 2.05) is 30.3 Å². The van der Waals surface area contributed by atoms with Gasteiger partial charge < -0.3 is 15.4 Å². The van der Waals surface area contributed by atoms with Crippen molar-refractivity contribution in [3.05, 3.63) is 35.9 Å². The van der Waals surface area contributed by atoms with Crippen LogP contribution in [0.15, 0.2) is 30.3 Å². The molecule has 2 N–H and O–H groups in total. The zero-order valence-electron chi connectivity index (χ0n) is 14.8. The second-order valence-corrected chi connectivity index (χ2v) is 6.74. The van der Waals surface area contributed by atoms with Crippen molar-refractivity contribution >= 4 is 17.9 Å². The summed E-state index contributed by atoms with van der Waals surface area (Å²) >= 11 is 0. The van der Waals surface area contributed by atoms with Gasteiger partial charge in [0, 0.05) is 13.1 Å². The number of carbonyl (C=O) groups is 3. The molecule has 0 saturated carbocycles. The highest BCUT2D eigenvalue weighted by molar-refractivity contribution is 5.91. The van der Waals surface area contributed by atoms with Gasteiger partial charge in [0.05, 0.1) is 0 Å². The highest BCUT2D eigenvalue weighted by Gasteiger charge is 2.36. The topological polar surface area (TPSA) is 87.7 Å². The monoisotopic (exact) mass is 359 g/mol. The van der Waals surface area contributed by atoms with Crippen LogP contribution < -0.4 is 10.6 Å². The van der Waals surface area contributed by atoms with Crippen LogP contribution in [0.5, 0.6) is 0 Å². The van der Waals surface area contributed by atoms with E-state index in [9.17, 15) is 14.4 Å². The highest BCUT2D eigenvalue weighted by Crippen LogP contribution is 2.20. The summed E-state index contributed by atoms with van der Waals surface area (Å²) in [5.74, 6) is -0.423. The standard InChI is InChI=1S/C19H25N3O4/c23-17-15(9-4-5-11-20-17)21-18(24)16-10-6-12-22(16)19(25)26-13-14-7-2-1-3-8-14/h1-3,7-8,15-16H,4-6,9-13H2,(H,20,23)(H,21,24)/t15?,16-/m0/s1. The first kappa shape index (κ1) is 18.2. The Morgan fingerprint density at radius 3 is 2.77 bits per heavy atom. The summed E-state index contributed by atoms with van der Waals surface area (Å²) in [6, 6.07) is 8.33. The maximum Gasteiger partial charge on any atom is 0.410 e. The fourth-order valence-electron chi connectivity index (χ4n) is 3.41. The maximum atomic E-state index is 12.6. The second kappa shape index (κ2) is 8.69. The number of carbonyl (C=O) groups excluding carboxylic acids is 3. The number of hydrogen-bond acceptors (Lipinski definition) is 4. The lowest BCUT2D eigenvalue weighted by molar-refractivity contribution is -0.131. The van der Waals surface area contributed by atoms with Crippen molar-refractivity contribution in [2.45, 2.75) is 50.8 Å². The average molecular weight is 359 g/mol.